The average Bonchev–Trinajstić information content (AvgIpc) is 3.46. The van der Waals surface area contributed by atoms with Gasteiger partial charge in [-0.1, -0.05) is 84.9 Å². The Hall–Kier alpha value is -5.05. The third-order valence-electron chi connectivity index (χ3n) is 5.46. The highest BCUT2D eigenvalue weighted by molar-refractivity contribution is 6.14. The van der Waals surface area contributed by atoms with Gasteiger partial charge in [0, 0.05) is 16.7 Å². The van der Waals surface area contributed by atoms with Crippen molar-refractivity contribution in [3.05, 3.63) is 126 Å². The van der Waals surface area contributed by atoms with Crippen LogP contribution in [0.1, 0.15) is 27.1 Å². The summed E-state index contributed by atoms with van der Waals surface area (Å²) in [5, 5.41) is 26.5. The molecule has 0 saturated carbocycles. The van der Waals surface area contributed by atoms with E-state index in [-0.39, 0.29) is 35.0 Å². The molecule has 0 fully saturated rings. The Morgan fingerprint density at radius 3 is 1.87 bits per heavy atom. The lowest BCUT2D eigenvalue weighted by Crippen LogP contribution is -2.08. The molecule has 7 N–H and O–H groups in total. The van der Waals surface area contributed by atoms with Gasteiger partial charge < -0.3 is 10.2 Å². The van der Waals surface area contributed by atoms with Crippen LogP contribution in [-0.4, -0.2) is 32.0 Å². The van der Waals surface area contributed by atoms with Crippen LogP contribution in [0, 0.1) is 0 Å². The Morgan fingerprint density at radius 1 is 0.684 bits per heavy atom. The maximum Gasteiger partial charge on any atom is 0.174 e. The first-order chi connectivity index (χ1) is 18.5. The molecule has 0 aliphatic heterocycles. The first-order valence-electron chi connectivity index (χ1n) is 11.6. The molecule has 4 aromatic carbocycles. The number of phenols is 2. The van der Waals surface area contributed by atoms with Gasteiger partial charge in [0.1, 0.15) is 11.5 Å². The van der Waals surface area contributed by atoms with Crippen LogP contribution in [0.3, 0.4) is 0 Å². The normalized spacial score (nSPS) is 9.84. The van der Waals surface area contributed by atoms with E-state index in [0.29, 0.717) is 5.56 Å². The van der Waals surface area contributed by atoms with E-state index in [1.165, 1.54) is 12.1 Å². The summed E-state index contributed by atoms with van der Waals surface area (Å²) >= 11 is 0. The summed E-state index contributed by atoms with van der Waals surface area (Å²) < 4.78 is 0. The third kappa shape index (κ3) is 7.23. The molecule has 38 heavy (non-hydrogen) atoms. The van der Waals surface area contributed by atoms with Crippen LogP contribution in [0.2, 0.25) is 0 Å². The molecule has 5 rings (SSSR count). The highest BCUT2D eigenvalue weighted by Crippen LogP contribution is 2.29. The number of hydrogen-bond donors (Lipinski definition) is 5. The second-order valence-electron chi connectivity index (χ2n) is 7.96. The van der Waals surface area contributed by atoms with Crippen molar-refractivity contribution < 1.29 is 19.8 Å². The highest BCUT2D eigenvalue weighted by atomic mass is 16.3. The van der Waals surface area contributed by atoms with E-state index in [1.54, 1.807) is 48.5 Å². The molecule has 0 unspecified atom stereocenters. The standard InChI is InChI=1S/C15H12N2O.C15H12O3.H4N2/c18-15-9-5-4-8-12(15)14-10-13(16-17-14)11-6-2-1-3-7-11;16-13-9-5-4-8-12(13)15(18)10-14(17)11-6-2-1-3-7-11;1-2/h1-10,18H,(H,16,17);1-9,16H,10H2;1-2H2. The molecule has 0 aliphatic rings. The number of nitrogens with two attached hydrogens (primary N) is 2. The van der Waals surface area contributed by atoms with E-state index >= 15 is 0 Å². The zero-order chi connectivity index (χ0) is 27.3. The van der Waals surface area contributed by atoms with Gasteiger partial charge in [-0.2, -0.15) is 5.10 Å². The van der Waals surface area contributed by atoms with Crippen molar-refractivity contribution in [3.8, 4) is 34.0 Å². The van der Waals surface area contributed by atoms with Gasteiger partial charge in [0.15, 0.2) is 11.6 Å². The quantitative estimate of drug-likeness (QED) is 0.0923. The summed E-state index contributed by atoms with van der Waals surface area (Å²) in [6.07, 6.45) is -0.235. The summed E-state index contributed by atoms with van der Waals surface area (Å²) in [4.78, 5) is 23.7. The van der Waals surface area contributed by atoms with E-state index in [9.17, 15) is 19.8 Å². The fourth-order valence-electron chi connectivity index (χ4n) is 3.59. The molecule has 0 aliphatic carbocycles. The largest absolute Gasteiger partial charge is 0.507 e. The number of nitrogens with one attached hydrogen (secondary N) is 1. The summed E-state index contributed by atoms with van der Waals surface area (Å²) in [6, 6.07) is 33.9. The van der Waals surface area contributed by atoms with E-state index in [0.717, 1.165) is 22.5 Å². The molecule has 1 aromatic heterocycles. The number of carbonyl (C=O) groups is 2. The monoisotopic (exact) mass is 508 g/mol. The summed E-state index contributed by atoms with van der Waals surface area (Å²) in [5.41, 5.74) is 4.17. The van der Waals surface area contributed by atoms with Crippen LogP contribution in [-0.2, 0) is 0 Å². The van der Waals surface area contributed by atoms with Gasteiger partial charge in [0.2, 0.25) is 0 Å². The topological polar surface area (TPSA) is 155 Å². The molecule has 0 spiro atoms. The van der Waals surface area contributed by atoms with Crippen molar-refractivity contribution in [1.82, 2.24) is 10.2 Å². The number of ketones is 2. The lowest BCUT2D eigenvalue weighted by Gasteiger charge is -2.03. The Kier molecular flexibility index (Phi) is 10.1. The summed E-state index contributed by atoms with van der Waals surface area (Å²) in [7, 11) is 0. The first-order valence-corrected chi connectivity index (χ1v) is 11.6. The number of carbonyl (C=O) groups excluding carboxylic acids is 2. The van der Waals surface area contributed by atoms with Crippen LogP contribution in [0.15, 0.2) is 115 Å². The van der Waals surface area contributed by atoms with Gasteiger partial charge >= 0.3 is 0 Å². The maximum atomic E-state index is 11.9. The second-order valence-corrected chi connectivity index (χ2v) is 7.96. The first kappa shape index (κ1) is 27.5. The molecule has 5 aromatic rings. The fraction of sp³-hybridized carbons (Fsp3) is 0.0333. The van der Waals surface area contributed by atoms with Gasteiger partial charge in [-0.3, -0.25) is 26.4 Å². The molecule has 1 heterocycles. The molecular formula is C30H28N4O4. The van der Waals surface area contributed by atoms with Crippen LogP contribution < -0.4 is 11.7 Å². The second kappa shape index (κ2) is 13.9. The number of benzene rings is 4. The van der Waals surface area contributed by atoms with E-state index in [1.807, 2.05) is 54.6 Å². The van der Waals surface area contributed by atoms with Crippen molar-refractivity contribution in [2.24, 2.45) is 11.7 Å². The van der Waals surface area contributed by atoms with Crippen molar-refractivity contribution in [3.63, 3.8) is 0 Å². The number of para-hydroxylation sites is 2. The Bertz CT molecular complexity index is 1470. The molecule has 0 saturated heterocycles. The van der Waals surface area contributed by atoms with E-state index in [2.05, 4.69) is 21.9 Å². The minimum atomic E-state index is -0.373. The summed E-state index contributed by atoms with van der Waals surface area (Å²) in [6.45, 7) is 0. The van der Waals surface area contributed by atoms with Crippen LogP contribution in [0.4, 0.5) is 0 Å². The molecule has 0 amide bonds. The zero-order valence-corrected chi connectivity index (χ0v) is 20.5. The molecule has 8 heteroatoms. The van der Waals surface area contributed by atoms with Crippen LogP contribution >= 0.6 is 0 Å². The predicted octanol–water partition coefficient (Wildman–Crippen LogP) is 5.12. The SMILES string of the molecule is NN.O=C(CC(=O)c1ccccc1O)c1ccccc1.Oc1ccccc1-c1cc(-c2ccccc2)n[nH]1. The number of hydrogen-bond acceptors (Lipinski definition) is 7. The van der Waals surface area contributed by atoms with E-state index < -0.39 is 0 Å². The zero-order valence-electron chi connectivity index (χ0n) is 20.5. The van der Waals surface area contributed by atoms with Gasteiger partial charge in [0.25, 0.3) is 0 Å². The van der Waals surface area contributed by atoms with Gasteiger partial charge in [-0.15, -0.1) is 0 Å². The minimum absolute atomic E-state index is 0.0941. The third-order valence-corrected chi connectivity index (χ3v) is 5.46. The smallest absolute Gasteiger partial charge is 0.174 e. The Morgan fingerprint density at radius 2 is 1.24 bits per heavy atom. The van der Waals surface area contributed by atoms with Gasteiger partial charge in [0.05, 0.1) is 23.4 Å². The molecular weight excluding hydrogens is 480 g/mol. The number of nitrogens with zero attached hydrogens (tertiary/aromatic N) is 1. The maximum absolute atomic E-state index is 11.9. The minimum Gasteiger partial charge on any atom is -0.507 e. The van der Waals surface area contributed by atoms with E-state index in [4.69, 9.17) is 0 Å². The number of rotatable bonds is 6. The predicted molar refractivity (Wildman–Crippen MR) is 147 cm³/mol. The number of H-pyrrole nitrogens is 1. The van der Waals surface area contributed by atoms with Crippen molar-refractivity contribution in [2.45, 2.75) is 6.42 Å². The molecule has 0 atom stereocenters. The van der Waals surface area contributed by atoms with Crippen molar-refractivity contribution >= 4 is 11.6 Å². The lowest BCUT2D eigenvalue weighted by molar-refractivity contribution is 0.0893. The number of aromatic nitrogens is 2. The number of aromatic hydroxyl groups is 2. The molecule has 192 valence electrons. The number of aromatic amines is 1. The molecule has 8 nitrogen and oxygen atoms in total. The number of phenolic OH excluding ortho intramolecular Hbond substituents is 2. The number of hydrazine groups is 1. The Balaban J connectivity index is 0.000000198. The van der Waals surface area contributed by atoms with Crippen molar-refractivity contribution in [2.75, 3.05) is 0 Å². The van der Waals surface area contributed by atoms with Crippen molar-refractivity contribution in [1.29, 1.82) is 0 Å². The highest BCUT2D eigenvalue weighted by Gasteiger charge is 2.15. The lowest BCUT2D eigenvalue weighted by atomic mass is 10.0. The average molecular weight is 509 g/mol. The fourth-order valence-corrected chi connectivity index (χ4v) is 3.59. The number of Topliss-reactive ketones (excluding diaryl/α,β-unsaturated/α-hetero) is 2. The van der Waals surface area contributed by atoms with Crippen LogP contribution in [0.5, 0.6) is 11.5 Å². The van der Waals surface area contributed by atoms with Gasteiger partial charge in [-0.05, 0) is 30.3 Å². The van der Waals surface area contributed by atoms with Gasteiger partial charge in [-0.25, -0.2) is 0 Å². The Labute approximate surface area is 220 Å². The summed E-state index contributed by atoms with van der Waals surface area (Å²) in [5.74, 6) is 7.54. The molecule has 0 bridgehead atoms. The van der Waals surface area contributed by atoms with Crippen LogP contribution in [0.25, 0.3) is 22.5 Å². The molecule has 0 radical (unpaired) electrons.